The Morgan fingerprint density at radius 2 is 1.91 bits per heavy atom. The molecule has 0 aliphatic heterocycles. The fourth-order valence-corrected chi connectivity index (χ4v) is 3.18. The molecular formula is C17H25ClN2O2. The zero-order chi connectivity index (χ0) is 14.8. The second kappa shape index (κ2) is 7.34. The highest BCUT2D eigenvalue weighted by Gasteiger charge is 2.38. The molecule has 2 saturated carbocycles. The third-order valence-corrected chi connectivity index (χ3v) is 4.61. The summed E-state index contributed by atoms with van der Waals surface area (Å²) in [7, 11) is 1.67. The van der Waals surface area contributed by atoms with E-state index in [1.807, 2.05) is 24.3 Å². The average molecular weight is 325 g/mol. The largest absolute Gasteiger partial charge is 0.497 e. The van der Waals surface area contributed by atoms with Gasteiger partial charge in [-0.2, -0.15) is 0 Å². The number of nitrogens with two attached hydrogens (primary N) is 1. The molecule has 2 N–H and O–H groups in total. The van der Waals surface area contributed by atoms with E-state index in [1.165, 1.54) is 5.56 Å². The van der Waals surface area contributed by atoms with Gasteiger partial charge in [0.05, 0.1) is 7.11 Å². The van der Waals surface area contributed by atoms with Crippen LogP contribution in [0.5, 0.6) is 5.75 Å². The van der Waals surface area contributed by atoms with Gasteiger partial charge in [-0.15, -0.1) is 12.4 Å². The molecule has 3 rings (SSSR count). The summed E-state index contributed by atoms with van der Waals surface area (Å²) in [6, 6.07) is 8.65. The van der Waals surface area contributed by atoms with Gasteiger partial charge in [0.1, 0.15) is 5.75 Å². The Bertz CT molecular complexity index is 502. The number of rotatable bonds is 5. The van der Waals surface area contributed by atoms with Crippen LogP contribution in [0, 0.1) is 5.92 Å². The molecule has 1 amide bonds. The Labute approximate surface area is 138 Å². The Kier molecular flexibility index (Phi) is 5.70. The lowest BCUT2D eigenvalue weighted by atomic mass is 10.1. The standard InChI is InChI=1S/C17H24N2O2.ClH/c1-21-16-8-2-12(3-9-16)11-19(15-6-7-15)17(20)13-4-5-14(18)10-13;/h2-3,8-9,13-15H,4-7,10-11,18H2,1H3;1H. The van der Waals surface area contributed by atoms with Crippen molar-refractivity contribution in [1.29, 1.82) is 0 Å². The van der Waals surface area contributed by atoms with Gasteiger partial charge in [-0.1, -0.05) is 12.1 Å². The minimum Gasteiger partial charge on any atom is -0.497 e. The fraction of sp³-hybridized carbons (Fsp3) is 0.588. The Balaban J connectivity index is 0.00000176. The monoisotopic (exact) mass is 324 g/mol. The van der Waals surface area contributed by atoms with Crippen LogP contribution < -0.4 is 10.5 Å². The van der Waals surface area contributed by atoms with Gasteiger partial charge in [0, 0.05) is 24.5 Å². The van der Waals surface area contributed by atoms with Gasteiger partial charge in [-0.05, 0) is 49.8 Å². The van der Waals surface area contributed by atoms with Crippen LogP contribution in [0.1, 0.15) is 37.7 Å². The maximum Gasteiger partial charge on any atom is 0.226 e. The second-order valence-corrected chi connectivity index (χ2v) is 6.32. The number of hydrogen-bond donors (Lipinski definition) is 1. The van der Waals surface area contributed by atoms with E-state index in [9.17, 15) is 4.79 Å². The van der Waals surface area contributed by atoms with E-state index in [-0.39, 0.29) is 24.4 Å². The number of methoxy groups -OCH3 is 1. The smallest absolute Gasteiger partial charge is 0.226 e. The molecule has 122 valence electrons. The zero-order valence-corrected chi connectivity index (χ0v) is 13.8. The van der Waals surface area contributed by atoms with E-state index in [4.69, 9.17) is 10.5 Å². The molecular weight excluding hydrogens is 300 g/mol. The topological polar surface area (TPSA) is 55.6 Å². The lowest BCUT2D eigenvalue weighted by Crippen LogP contribution is -2.37. The highest BCUT2D eigenvalue weighted by Crippen LogP contribution is 2.33. The molecule has 2 fully saturated rings. The van der Waals surface area contributed by atoms with Crippen LogP contribution >= 0.6 is 12.4 Å². The fourth-order valence-electron chi connectivity index (χ4n) is 3.18. The van der Waals surface area contributed by atoms with Crippen molar-refractivity contribution in [2.75, 3.05) is 7.11 Å². The summed E-state index contributed by atoms with van der Waals surface area (Å²) in [4.78, 5) is 14.8. The molecule has 1 aromatic carbocycles. The molecule has 2 aliphatic rings. The van der Waals surface area contributed by atoms with Gasteiger partial charge in [-0.3, -0.25) is 4.79 Å². The molecule has 2 atom stereocenters. The Morgan fingerprint density at radius 3 is 2.41 bits per heavy atom. The number of hydrogen-bond acceptors (Lipinski definition) is 3. The van der Waals surface area contributed by atoms with Gasteiger partial charge in [0.25, 0.3) is 0 Å². The van der Waals surface area contributed by atoms with Gasteiger partial charge in [0.2, 0.25) is 5.91 Å². The van der Waals surface area contributed by atoms with E-state index in [1.54, 1.807) is 7.11 Å². The number of benzene rings is 1. The number of amides is 1. The summed E-state index contributed by atoms with van der Waals surface area (Å²) in [5.41, 5.74) is 7.12. The van der Waals surface area contributed by atoms with Crippen molar-refractivity contribution in [2.45, 2.75) is 50.7 Å². The lowest BCUT2D eigenvalue weighted by Gasteiger charge is -2.26. The normalized spacial score (nSPS) is 23.7. The van der Waals surface area contributed by atoms with E-state index in [0.717, 1.165) is 37.9 Å². The van der Waals surface area contributed by atoms with Crippen LogP contribution in [-0.4, -0.2) is 30.0 Å². The summed E-state index contributed by atoms with van der Waals surface area (Å²) in [6.07, 6.45) is 5.06. The van der Waals surface area contributed by atoms with E-state index < -0.39 is 0 Å². The van der Waals surface area contributed by atoms with Gasteiger partial charge in [-0.25, -0.2) is 0 Å². The van der Waals surface area contributed by atoms with Gasteiger partial charge in [0.15, 0.2) is 0 Å². The first-order valence-corrected chi connectivity index (χ1v) is 7.86. The molecule has 1 aromatic rings. The van der Waals surface area contributed by atoms with Crippen LogP contribution in [0.4, 0.5) is 0 Å². The van der Waals surface area contributed by atoms with Crippen molar-refractivity contribution >= 4 is 18.3 Å². The third kappa shape index (κ3) is 3.93. The van der Waals surface area contributed by atoms with Crippen molar-refractivity contribution in [3.8, 4) is 5.75 Å². The number of carbonyl (C=O) groups excluding carboxylic acids is 1. The van der Waals surface area contributed by atoms with Crippen molar-refractivity contribution in [3.05, 3.63) is 29.8 Å². The van der Waals surface area contributed by atoms with E-state index >= 15 is 0 Å². The molecule has 0 spiro atoms. The quantitative estimate of drug-likeness (QED) is 0.906. The predicted octanol–water partition coefficient (Wildman–Crippen LogP) is 2.74. The number of ether oxygens (including phenoxy) is 1. The van der Waals surface area contributed by atoms with Crippen molar-refractivity contribution in [1.82, 2.24) is 4.90 Å². The summed E-state index contributed by atoms with van der Waals surface area (Å²) < 4.78 is 5.18. The average Bonchev–Trinajstić information content (AvgIpc) is 3.26. The molecule has 0 aromatic heterocycles. The lowest BCUT2D eigenvalue weighted by molar-refractivity contribution is -0.136. The number of carbonyl (C=O) groups is 1. The summed E-state index contributed by atoms with van der Waals surface area (Å²) >= 11 is 0. The minimum absolute atomic E-state index is 0. The summed E-state index contributed by atoms with van der Waals surface area (Å²) in [5, 5.41) is 0. The highest BCUT2D eigenvalue weighted by molar-refractivity contribution is 5.85. The molecule has 0 radical (unpaired) electrons. The Morgan fingerprint density at radius 1 is 1.23 bits per heavy atom. The molecule has 5 heteroatoms. The molecule has 2 aliphatic carbocycles. The molecule has 0 heterocycles. The highest BCUT2D eigenvalue weighted by atomic mass is 35.5. The second-order valence-electron chi connectivity index (χ2n) is 6.32. The van der Waals surface area contributed by atoms with Crippen LogP contribution in [0.3, 0.4) is 0 Å². The zero-order valence-electron chi connectivity index (χ0n) is 13.0. The van der Waals surface area contributed by atoms with E-state index in [2.05, 4.69) is 4.90 Å². The van der Waals surface area contributed by atoms with Crippen LogP contribution in [0.2, 0.25) is 0 Å². The molecule has 0 bridgehead atoms. The van der Waals surface area contributed by atoms with Crippen LogP contribution in [0.15, 0.2) is 24.3 Å². The summed E-state index contributed by atoms with van der Waals surface area (Å²) in [5.74, 6) is 1.30. The summed E-state index contributed by atoms with van der Waals surface area (Å²) in [6.45, 7) is 0.708. The van der Waals surface area contributed by atoms with Gasteiger partial charge >= 0.3 is 0 Å². The van der Waals surface area contributed by atoms with E-state index in [0.29, 0.717) is 18.5 Å². The van der Waals surface area contributed by atoms with Crippen molar-refractivity contribution in [2.24, 2.45) is 11.7 Å². The van der Waals surface area contributed by atoms with Crippen LogP contribution in [-0.2, 0) is 11.3 Å². The number of halogens is 1. The van der Waals surface area contributed by atoms with Crippen LogP contribution in [0.25, 0.3) is 0 Å². The molecule has 4 nitrogen and oxygen atoms in total. The van der Waals surface area contributed by atoms with Crippen molar-refractivity contribution < 1.29 is 9.53 Å². The molecule has 2 unspecified atom stereocenters. The first kappa shape index (κ1) is 17.1. The molecule has 22 heavy (non-hydrogen) atoms. The minimum atomic E-state index is 0. The third-order valence-electron chi connectivity index (χ3n) is 4.61. The van der Waals surface area contributed by atoms with Crippen molar-refractivity contribution in [3.63, 3.8) is 0 Å². The first-order valence-electron chi connectivity index (χ1n) is 7.86. The van der Waals surface area contributed by atoms with Gasteiger partial charge < -0.3 is 15.4 Å². The first-order chi connectivity index (χ1) is 10.2. The predicted molar refractivity (Wildman–Crippen MR) is 89.1 cm³/mol. The number of nitrogens with zero attached hydrogens (tertiary/aromatic N) is 1. The maximum absolute atomic E-state index is 12.7. The Hall–Kier alpha value is -1.26. The maximum atomic E-state index is 12.7. The SMILES string of the molecule is COc1ccc(CN(C(=O)C2CCC(N)C2)C2CC2)cc1.Cl. The molecule has 0 saturated heterocycles.